The van der Waals surface area contributed by atoms with Crippen LogP contribution >= 0.6 is 11.6 Å². The molecule has 1 amide bonds. The van der Waals surface area contributed by atoms with Crippen LogP contribution in [0.25, 0.3) is 22.3 Å². The lowest BCUT2D eigenvalue weighted by Gasteiger charge is -2.12. The number of fused-ring (bicyclic) bond motifs is 1. The van der Waals surface area contributed by atoms with Crippen LogP contribution in [-0.2, 0) is 7.05 Å². The van der Waals surface area contributed by atoms with Gasteiger partial charge in [0.2, 0.25) is 0 Å². The highest BCUT2D eigenvalue weighted by molar-refractivity contribution is 6.30. The smallest absolute Gasteiger partial charge is 0.261 e. The van der Waals surface area contributed by atoms with Gasteiger partial charge in [-0.25, -0.2) is 4.98 Å². The van der Waals surface area contributed by atoms with Crippen LogP contribution in [0.1, 0.15) is 10.4 Å². The number of hydrogen-bond donors (Lipinski definition) is 1. The second-order valence-electron chi connectivity index (χ2n) is 6.21. The lowest BCUT2D eigenvalue weighted by atomic mass is 10.1. The number of rotatable bonds is 3. The van der Waals surface area contributed by atoms with Crippen molar-refractivity contribution in [2.75, 3.05) is 5.32 Å². The zero-order chi connectivity index (χ0) is 19.7. The molecule has 0 aliphatic heterocycles. The normalized spacial score (nSPS) is 10.8. The molecular weight excluding hydrogens is 376 g/mol. The molecule has 0 bridgehead atoms. The van der Waals surface area contributed by atoms with Crippen LogP contribution in [0, 0.1) is 0 Å². The predicted octanol–water partition coefficient (Wildman–Crippen LogP) is 3.90. The predicted molar refractivity (Wildman–Crippen MR) is 110 cm³/mol. The molecule has 28 heavy (non-hydrogen) atoms. The Labute approximate surface area is 165 Å². The number of nitrogens with zero attached hydrogens (tertiary/aromatic N) is 3. The molecule has 0 saturated heterocycles. The van der Waals surface area contributed by atoms with E-state index in [0.29, 0.717) is 38.6 Å². The van der Waals surface area contributed by atoms with Gasteiger partial charge in [-0.15, -0.1) is 0 Å². The topological polar surface area (TPSA) is 76.9 Å². The van der Waals surface area contributed by atoms with E-state index in [1.54, 1.807) is 68.0 Å². The maximum absolute atomic E-state index is 12.9. The van der Waals surface area contributed by atoms with E-state index >= 15 is 0 Å². The summed E-state index contributed by atoms with van der Waals surface area (Å²) >= 11 is 6.09. The molecule has 6 nitrogen and oxygen atoms in total. The Bertz CT molecular complexity index is 1250. The van der Waals surface area contributed by atoms with Crippen LogP contribution in [0.2, 0.25) is 5.02 Å². The fraction of sp³-hybridized carbons (Fsp3) is 0.0476. The first-order valence-electron chi connectivity index (χ1n) is 8.51. The van der Waals surface area contributed by atoms with Crippen molar-refractivity contribution in [2.45, 2.75) is 0 Å². The van der Waals surface area contributed by atoms with E-state index in [1.807, 2.05) is 6.07 Å². The SMILES string of the molecule is Cn1c(-c2cccc(Cl)c2)nc2c(C(=O)Nc3cccnc3)cccc2c1=O. The summed E-state index contributed by atoms with van der Waals surface area (Å²) in [6.07, 6.45) is 3.17. The number of benzene rings is 2. The van der Waals surface area contributed by atoms with Crippen molar-refractivity contribution in [3.05, 3.63) is 87.9 Å². The van der Waals surface area contributed by atoms with E-state index in [2.05, 4.69) is 15.3 Å². The van der Waals surface area contributed by atoms with Gasteiger partial charge in [-0.05, 0) is 36.4 Å². The van der Waals surface area contributed by atoms with Crippen molar-refractivity contribution in [2.24, 2.45) is 7.05 Å². The summed E-state index contributed by atoms with van der Waals surface area (Å²) in [6, 6.07) is 15.5. The van der Waals surface area contributed by atoms with Crippen molar-refractivity contribution < 1.29 is 4.79 Å². The van der Waals surface area contributed by atoms with Gasteiger partial charge in [0.1, 0.15) is 5.82 Å². The van der Waals surface area contributed by atoms with Crippen LogP contribution in [-0.4, -0.2) is 20.4 Å². The summed E-state index contributed by atoms with van der Waals surface area (Å²) in [7, 11) is 1.65. The Morgan fingerprint density at radius 2 is 1.93 bits per heavy atom. The fourth-order valence-corrected chi connectivity index (χ4v) is 3.19. The van der Waals surface area contributed by atoms with Crippen LogP contribution in [0.5, 0.6) is 0 Å². The molecule has 2 aromatic carbocycles. The van der Waals surface area contributed by atoms with Crippen LogP contribution in [0.3, 0.4) is 0 Å². The quantitative estimate of drug-likeness (QED) is 0.575. The first-order valence-corrected chi connectivity index (χ1v) is 8.89. The van der Waals surface area contributed by atoms with Crippen molar-refractivity contribution in [1.29, 1.82) is 0 Å². The lowest BCUT2D eigenvalue weighted by Crippen LogP contribution is -2.22. The summed E-state index contributed by atoms with van der Waals surface area (Å²) in [5.74, 6) is 0.0676. The molecule has 0 aliphatic rings. The molecule has 0 aliphatic carbocycles. The number of pyridine rings is 1. The molecule has 4 aromatic rings. The standard InChI is InChI=1S/C21H15ClN4O2/c1-26-19(13-5-2-6-14(22)11-13)25-18-16(8-3-9-17(18)21(26)28)20(27)24-15-7-4-10-23-12-15/h2-12H,1H3,(H,24,27). The van der Waals surface area contributed by atoms with Crippen molar-refractivity contribution in [1.82, 2.24) is 14.5 Å². The van der Waals surface area contributed by atoms with Crippen molar-refractivity contribution in [3.63, 3.8) is 0 Å². The second-order valence-corrected chi connectivity index (χ2v) is 6.64. The van der Waals surface area contributed by atoms with Gasteiger partial charge in [0.15, 0.2) is 0 Å². The average molecular weight is 391 g/mol. The Hall–Kier alpha value is -3.51. The van der Waals surface area contributed by atoms with Gasteiger partial charge in [0.05, 0.1) is 28.4 Å². The third-order valence-electron chi connectivity index (χ3n) is 4.35. The van der Waals surface area contributed by atoms with Crippen LogP contribution in [0.15, 0.2) is 71.8 Å². The van der Waals surface area contributed by atoms with E-state index in [0.717, 1.165) is 0 Å². The number of amides is 1. The van der Waals surface area contributed by atoms with Crippen molar-refractivity contribution >= 4 is 34.1 Å². The zero-order valence-corrected chi connectivity index (χ0v) is 15.6. The number of carbonyl (C=O) groups excluding carboxylic acids is 1. The van der Waals surface area contributed by atoms with Gasteiger partial charge < -0.3 is 5.32 Å². The van der Waals surface area contributed by atoms with E-state index in [1.165, 1.54) is 4.57 Å². The van der Waals surface area contributed by atoms with E-state index in [-0.39, 0.29) is 11.5 Å². The van der Waals surface area contributed by atoms with Gasteiger partial charge >= 0.3 is 0 Å². The van der Waals surface area contributed by atoms with Crippen LogP contribution in [0.4, 0.5) is 5.69 Å². The zero-order valence-electron chi connectivity index (χ0n) is 14.9. The number of aromatic nitrogens is 3. The van der Waals surface area contributed by atoms with Gasteiger partial charge in [-0.3, -0.25) is 19.1 Å². The summed E-state index contributed by atoms with van der Waals surface area (Å²) < 4.78 is 1.46. The molecule has 2 aromatic heterocycles. The summed E-state index contributed by atoms with van der Waals surface area (Å²) in [5, 5.41) is 3.69. The average Bonchev–Trinajstić information content (AvgIpc) is 2.71. The van der Waals surface area contributed by atoms with Gasteiger partial charge in [0.25, 0.3) is 11.5 Å². The van der Waals surface area contributed by atoms with E-state index < -0.39 is 0 Å². The van der Waals surface area contributed by atoms with Gasteiger partial charge in [-0.2, -0.15) is 0 Å². The third kappa shape index (κ3) is 3.25. The van der Waals surface area contributed by atoms with Gasteiger partial charge in [-0.1, -0.05) is 29.8 Å². The lowest BCUT2D eigenvalue weighted by molar-refractivity contribution is 0.102. The Morgan fingerprint density at radius 1 is 1.11 bits per heavy atom. The molecule has 4 rings (SSSR count). The van der Waals surface area contributed by atoms with Crippen molar-refractivity contribution in [3.8, 4) is 11.4 Å². The second kappa shape index (κ2) is 7.25. The summed E-state index contributed by atoms with van der Waals surface area (Å²) in [5.41, 5.74) is 1.65. The molecule has 1 N–H and O–H groups in total. The Balaban J connectivity index is 1.89. The largest absolute Gasteiger partial charge is 0.321 e. The molecule has 7 heteroatoms. The minimum Gasteiger partial charge on any atom is -0.321 e. The number of anilines is 1. The Morgan fingerprint density at radius 3 is 2.68 bits per heavy atom. The third-order valence-corrected chi connectivity index (χ3v) is 4.59. The minimum atomic E-state index is -0.364. The maximum atomic E-state index is 12.9. The maximum Gasteiger partial charge on any atom is 0.261 e. The highest BCUT2D eigenvalue weighted by Crippen LogP contribution is 2.23. The molecule has 0 fully saturated rings. The molecule has 0 spiro atoms. The first kappa shape index (κ1) is 17.9. The Kier molecular flexibility index (Phi) is 4.63. The highest BCUT2D eigenvalue weighted by atomic mass is 35.5. The number of hydrogen-bond acceptors (Lipinski definition) is 4. The summed E-state index contributed by atoms with van der Waals surface area (Å²) in [6.45, 7) is 0. The monoisotopic (exact) mass is 390 g/mol. The molecule has 2 heterocycles. The summed E-state index contributed by atoms with van der Waals surface area (Å²) in [4.78, 5) is 34.3. The molecule has 0 radical (unpaired) electrons. The number of halogens is 1. The molecule has 0 saturated carbocycles. The number of carbonyl (C=O) groups is 1. The fourth-order valence-electron chi connectivity index (χ4n) is 3.00. The van der Waals surface area contributed by atoms with Gasteiger partial charge in [0, 0.05) is 23.8 Å². The molecular formula is C21H15ClN4O2. The van der Waals surface area contributed by atoms with E-state index in [9.17, 15) is 9.59 Å². The minimum absolute atomic E-state index is 0.240. The number of para-hydroxylation sites is 1. The molecule has 0 unspecified atom stereocenters. The molecule has 138 valence electrons. The number of nitrogens with one attached hydrogen (secondary N) is 1. The van der Waals surface area contributed by atoms with E-state index in [4.69, 9.17) is 11.6 Å². The molecule has 0 atom stereocenters. The van der Waals surface area contributed by atoms with Crippen LogP contribution < -0.4 is 10.9 Å². The first-order chi connectivity index (χ1) is 13.5. The highest BCUT2D eigenvalue weighted by Gasteiger charge is 2.17.